The molecule has 3 aromatic rings. The van der Waals surface area contributed by atoms with Crippen LogP contribution in [0, 0.1) is 0 Å². The number of aryl methyl sites for hydroxylation is 1. The molecule has 2 heterocycles. The smallest absolute Gasteiger partial charge is 0.264 e. The summed E-state index contributed by atoms with van der Waals surface area (Å²) >= 11 is 0. The first-order chi connectivity index (χ1) is 13.7. The molecule has 1 N–H and O–H groups in total. The summed E-state index contributed by atoms with van der Waals surface area (Å²) in [6.45, 7) is 0.316. The van der Waals surface area contributed by atoms with Crippen molar-refractivity contribution < 1.29 is 4.79 Å². The minimum Gasteiger partial charge on any atom is -0.353 e. The van der Waals surface area contributed by atoms with E-state index < -0.39 is 0 Å². The highest BCUT2D eigenvalue weighted by molar-refractivity contribution is 5.76. The lowest BCUT2D eigenvalue weighted by Gasteiger charge is -2.16. The first kappa shape index (κ1) is 18.4. The predicted molar refractivity (Wildman–Crippen MR) is 107 cm³/mol. The van der Waals surface area contributed by atoms with Gasteiger partial charge in [-0.3, -0.25) is 14.2 Å². The lowest BCUT2D eigenvalue weighted by atomic mass is 10.1. The fourth-order valence-corrected chi connectivity index (χ4v) is 3.81. The van der Waals surface area contributed by atoms with Crippen molar-refractivity contribution in [3.8, 4) is 5.69 Å². The Morgan fingerprint density at radius 1 is 1.11 bits per heavy atom. The number of nitrogens with zero attached hydrogens (tertiary/aromatic N) is 4. The second kappa shape index (κ2) is 8.37. The van der Waals surface area contributed by atoms with E-state index in [2.05, 4.69) is 15.4 Å². The molecule has 0 atom stereocenters. The van der Waals surface area contributed by atoms with Crippen LogP contribution in [0.1, 0.15) is 44.9 Å². The number of hydrogen-bond donors (Lipinski definition) is 1. The van der Waals surface area contributed by atoms with E-state index in [4.69, 9.17) is 0 Å². The molecule has 28 heavy (non-hydrogen) atoms. The van der Waals surface area contributed by atoms with Gasteiger partial charge >= 0.3 is 0 Å². The van der Waals surface area contributed by atoms with Crippen molar-refractivity contribution in [3.63, 3.8) is 0 Å². The van der Waals surface area contributed by atoms with Crippen LogP contribution in [-0.4, -0.2) is 31.3 Å². The predicted octanol–water partition coefficient (Wildman–Crippen LogP) is 2.81. The molecule has 0 bridgehead atoms. The van der Waals surface area contributed by atoms with E-state index in [0.717, 1.165) is 18.5 Å². The number of hydrogen-bond acceptors (Lipinski definition) is 4. The van der Waals surface area contributed by atoms with Crippen LogP contribution in [-0.2, 0) is 11.3 Å². The standard InChI is InChI=1S/C21H25N5O2/c27-19(24-16-8-4-1-2-5-9-16)12-13-25-15-22-20-18(21(25)28)14-23-26(20)17-10-6-3-7-11-17/h3,6-7,10-11,14-16H,1-2,4-5,8-9,12-13H2,(H,24,27). The Morgan fingerprint density at radius 3 is 2.61 bits per heavy atom. The van der Waals surface area contributed by atoms with Crippen LogP contribution in [0.25, 0.3) is 16.7 Å². The molecule has 0 aliphatic heterocycles. The minimum atomic E-state index is -0.172. The molecule has 1 aliphatic rings. The highest BCUT2D eigenvalue weighted by atomic mass is 16.2. The largest absolute Gasteiger partial charge is 0.353 e. The number of nitrogens with one attached hydrogen (secondary N) is 1. The molecule has 7 heteroatoms. The number of amides is 1. The van der Waals surface area contributed by atoms with Crippen molar-refractivity contribution in [2.24, 2.45) is 0 Å². The van der Waals surface area contributed by atoms with Gasteiger partial charge in [-0.25, -0.2) is 9.67 Å². The molecule has 0 spiro atoms. The third-order valence-corrected chi connectivity index (χ3v) is 5.36. The normalized spacial score (nSPS) is 15.4. The third kappa shape index (κ3) is 3.98. The van der Waals surface area contributed by atoms with Crippen LogP contribution in [0.3, 0.4) is 0 Å². The summed E-state index contributed by atoms with van der Waals surface area (Å²) < 4.78 is 3.14. The SMILES string of the molecule is O=C(CCn1cnc2c(cnn2-c2ccccc2)c1=O)NC1CCCCCC1. The molecule has 146 valence electrons. The number of benzene rings is 1. The molecule has 1 amide bonds. The molecule has 2 aromatic heterocycles. The fourth-order valence-electron chi connectivity index (χ4n) is 3.81. The topological polar surface area (TPSA) is 81.8 Å². The molecular weight excluding hydrogens is 354 g/mol. The van der Waals surface area contributed by atoms with Crippen LogP contribution < -0.4 is 10.9 Å². The van der Waals surface area contributed by atoms with Gasteiger partial charge in [0.25, 0.3) is 5.56 Å². The van der Waals surface area contributed by atoms with E-state index in [1.165, 1.54) is 36.6 Å². The van der Waals surface area contributed by atoms with E-state index in [0.29, 0.717) is 17.6 Å². The summed E-state index contributed by atoms with van der Waals surface area (Å²) in [7, 11) is 0. The zero-order valence-corrected chi connectivity index (χ0v) is 15.9. The molecule has 1 aliphatic carbocycles. The molecule has 1 fully saturated rings. The van der Waals surface area contributed by atoms with E-state index in [9.17, 15) is 9.59 Å². The highest BCUT2D eigenvalue weighted by Crippen LogP contribution is 2.17. The Balaban J connectivity index is 1.45. The van der Waals surface area contributed by atoms with Crippen molar-refractivity contribution in [1.29, 1.82) is 0 Å². The first-order valence-electron chi connectivity index (χ1n) is 10.0. The summed E-state index contributed by atoms with van der Waals surface area (Å²) in [6.07, 6.45) is 10.3. The number of rotatable bonds is 5. The Morgan fingerprint density at radius 2 is 1.86 bits per heavy atom. The van der Waals surface area contributed by atoms with Gasteiger partial charge in [-0.2, -0.15) is 5.10 Å². The van der Waals surface area contributed by atoms with Gasteiger partial charge in [0, 0.05) is 19.0 Å². The quantitative estimate of drug-likeness (QED) is 0.691. The maximum absolute atomic E-state index is 12.8. The van der Waals surface area contributed by atoms with Crippen LogP contribution in [0.2, 0.25) is 0 Å². The number of fused-ring (bicyclic) bond motifs is 1. The van der Waals surface area contributed by atoms with E-state index in [1.807, 2.05) is 30.3 Å². The Bertz CT molecular complexity index is 1000. The van der Waals surface area contributed by atoms with Gasteiger partial charge < -0.3 is 5.32 Å². The summed E-state index contributed by atoms with van der Waals surface area (Å²) in [4.78, 5) is 29.5. The molecule has 0 unspecified atom stereocenters. The van der Waals surface area contributed by atoms with Crippen molar-refractivity contribution in [1.82, 2.24) is 24.6 Å². The van der Waals surface area contributed by atoms with Crippen LogP contribution in [0.15, 0.2) is 47.7 Å². The van der Waals surface area contributed by atoms with Gasteiger partial charge in [0.15, 0.2) is 5.65 Å². The number of para-hydroxylation sites is 1. The number of carbonyl (C=O) groups excluding carboxylic acids is 1. The summed E-state index contributed by atoms with van der Waals surface area (Å²) in [5.74, 6) is -0.00104. The lowest BCUT2D eigenvalue weighted by molar-refractivity contribution is -0.122. The first-order valence-corrected chi connectivity index (χ1v) is 10.0. The highest BCUT2D eigenvalue weighted by Gasteiger charge is 2.16. The fraction of sp³-hybridized carbons (Fsp3) is 0.429. The molecule has 1 saturated carbocycles. The van der Waals surface area contributed by atoms with Crippen LogP contribution in [0.5, 0.6) is 0 Å². The van der Waals surface area contributed by atoms with Crippen LogP contribution in [0.4, 0.5) is 0 Å². The second-order valence-electron chi connectivity index (χ2n) is 7.38. The van der Waals surface area contributed by atoms with Gasteiger partial charge in [-0.15, -0.1) is 0 Å². The molecule has 4 rings (SSSR count). The Kier molecular flexibility index (Phi) is 5.50. The van der Waals surface area contributed by atoms with Gasteiger partial charge in [-0.05, 0) is 25.0 Å². The molecule has 0 radical (unpaired) electrons. The van der Waals surface area contributed by atoms with Crippen molar-refractivity contribution in [2.75, 3.05) is 0 Å². The van der Waals surface area contributed by atoms with E-state index in [-0.39, 0.29) is 23.9 Å². The van der Waals surface area contributed by atoms with Crippen LogP contribution >= 0.6 is 0 Å². The average molecular weight is 379 g/mol. The Labute approximate surface area is 163 Å². The molecular formula is C21H25N5O2. The molecule has 0 saturated heterocycles. The zero-order valence-electron chi connectivity index (χ0n) is 15.9. The number of carbonyl (C=O) groups is 1. The maximum atomic E-state index is 12.8. The Hall–Kier alpha value is -2.96. The zero-order chi connectivity index (χ0) is 19.3. The summed E-state index contributed by atoms with van der Waals surface area (Å²) in [5.41, 5.74) is 1.20. The maximum Gasteiger partial charge on any atom is 0.264 e. The van der Waals surface area contributed by atoms with Crippen molar-refractivity contribution in [3.05, 3.63) is 53.2 Å². The van der Waals surface area contributed by atoms with Crippen molar-refractivity contribution >= 4 is 16.9 Å². The lowest BCUT2D eigenvalue weighted by Crippen LogP contribution is -2.35. The summed E-state index contributed by atoms with van der Waals surface area (Å²) in [5, 5.41) is 7.88. The van der Waals surface area contributed by atoms with E-state index in [1.54, 1.807) is 10.9 Å². The monoisotopic (exact) mass is 379 g/mol. The van der Waals surface area contributed by atoms with Crippen molar-refractivity contribution in [2.45, 2.75) is 57.5 Å². The second-order valence-corrected chi connectivity index (χ2v) is 7.38. The van der Waals surface area contributed by atoms with Gasteiger partial charge in [0.1, 0.15) is 5.39 Å². The minimum absolute atomic E-state index is 0.00104. The van der Waals surface area contributed by atoms with Gasteiger partial charge in [0.05, 0.1) is 18.2 Å². The molecule has 1 aromatic carbocycles. The third-order valence-electron chi connectivity index (χ3n) is 5.36. The van der Waals surface area contributed by atoms with Gasteiger partial charge in [-0.1, -0.05) is 43.9 Å². The average Bonchev–Trinajstić information content (AvgIpc) is 2.99. The summed E-state index contributed by atoms with van der Waals surface area (Å²) in [6, 6.07) is 9.86. The van der Waals surface area contributed by atoms with E-state index >= 15 is 0 Å². The van der Waals surface area contributed by atoms with Gasteiger partial charge in [0.2, 0.25) is 5.91 Å². The number of aromatic nitrogens is 4. The molecule has 7 nitrogen and oxygen atoms in total.